The highest BCUT2D eigenvalue weighted by Crippen LogP contribution is 2.24. The van der Waals surface area contributed by atoms with Gasteiger partial charge in [-0.25, -0.2) is 4.79 Å². The number of rotatable bonds is 3. The van der Waals surface area contributed by atoms with Crippen LogP contribution >= 0.6 is 0 Å². The Morgan fingerprint density at radius 3 is 2.78 bits per heavy atom. The highest BCUT2D eigenvalue weighted by Gasteiger charge is 2.31. The number of cyclic esters (lactones) is 1. The number of amides is 1. The van der Waals surface area contributed by atoms with Crippen LogP contribution in [0.1, 0.15) is 34.0 Å². The van der Waals surface area contributed by atoms with Gasteiger partial charge < -0.3 is 10.1 Å². The zero-order chi connectivity index (χ0) is 16.4. The first kappa shape index (κ1) is 15.3. The molecule has 0 radical (unpaired) electrons. The Labute approximate surface area is 135 Å². The van der Waals surface area contributed by atoms with E-state index in [0.717, 1.165) is 28.8 Å². The monoisotopic (exact) mass is 309 g/mol. The fourth-order valence-electron chi connectivity index (χ4n) is 2.88. The highest BCUT2D eigenvalue weighted by atomic mass is 16.5. The number of hydrogen-bond donors (Lipinski definition) is 1. The van der Waals surface area contributed by atoms with E-state index in [9.17, 15) is 9.59 Å². The van der Waals surface area contributed by atoms with E-state index in [1.54, 1.807) is 12.1 Å². The number of hydrogen-bond acceptors (Lipinski definition) is 3. The molecule has 0 aliphatic carbocycles. The third-order valence-corrected chi connectivity index (χ3v) is 4.17. The third kappa shape index (κ3) is 2.97. The molecule has 2 aromatic carbocycles. The van der Waals surface area contributed by atoms with Crippen LogP contribution in [0.5, 0.6) is 0 Å². The molecular formula is C19H19NO3. The predicted octanol–water partition coefficient (Wildman–Crippen LogP) is 3.28. The van der Waals surface area contributed by atoms with E-state index in [1.807, 2.05) is 44.2 Å². The van der Waals surface area contributed by atoms with Crippen LogP contribution in [0.4, 0.5) is 5.69 Å². The van der Waals surface area contributed by atoms with Crippen molar-refractivity contribution in [2.24, 2.45) is 0 Å². The summed E-state index contributed by atoms with van der Waals surface area (Å²) >= 11 is 0. The Morgan fingerprint density at radius 2 is 2.00 bits per heavy atom. The van der Waals surface area contributed by atoms with E-state index in [2.05, 4.69) is 5.32 Å². The van der Waals surface area contributed by atoms with E-state index in [4.69, 9.17) is 4.74 Å². The SMILES string of the molecule is CCc1cccc(C)c1NC(=O)[C@@H]1Cc2ccccc2C(=O)O1. The van der Waals surface area contributed by atoms with Gasteiger partial charge >= 0.3 is 5.97 Å². The lowest BCUT2D eigenvalue weighted by Gasteiger charge is -2.24. The van der Waals surface area contributed by atoms with Crippen LogP contribution in [0.15, 0.2) is 42.5 Å². The maximum absolute atomic E-state index is 12.6. The second-order valence-corrected chi connectivity index (χ2v) is 5.71. The van der Waals surface area contributed by atoms with Gasteiger partial charge in [-0.3, -0.25) is 4.79 Å². The molecule has 1 N–H and O–H groups in total. The molecule has 0 spiro atoms. The number of aryl methyl sites for hydroxylation is 2. The molecule has 0 fully saturated rings. The summed E-state index contributed by atoms with van der Waals surface area (Å²) in [6.07, 6.45) is 0.438. The summed E-state index contributed by atoms with van der Waals surface area (Å²) in [4.78, 5) is 24.6. The second-order valence-electron chi connectivity index (χ2n) is 5.71. The van der Waals surface area contributed by atoms with Crippen molar-refractivity contribution in [3.05, 3.63) is 64.7 Å². The first-order valence-electron chi connectivity index (χ1n) is 7.78. The fraction of sp³-hybridized carbons (Fsp3) is 0.263. The van der Waals surface area contributed by atoms with E-state index in [-0.39, 0.29) is 5.91 Å². The first-order chi connectivity index (χ1) is 11.1. The molecule has 2 aromatic rings. The second kappa shape index (κ2) is 6.24. The molecule has 1 atom stereocenters. The molecule has 1 aliphatic rings. The highest BCUT2D eigenvalue weighted by molar-refractivity contribution is 6.00. The topological polar surface area (TPSA) is 55.4 Å². The quantitative estimate of drug-likeness (QED) is 0.885. The van der Waals surface area contributed by atoms with Crippen LogP contribution in [0.25, 0.3) is 0 Å². The van der Waals surface area contributed by atoms with Gasteiger partial charge in [-0.15, -0.1) is 0 Å². The molecule has 23 heavy (non-hydrogen) atoms. The molecule has 0 bridgehead atoms. The standard InChI is InChI=1S/C19H19NO3/c1-3-13-9-6-7-12(2)17(13)20-18(21)16-11-14-8-4-5-10-15(14)19(22)23-16/h4-10,16H,3,11H2,1-2H3,(H,20,21)/t16-/m0/s1. The summed E-state index contributed by atoms with van der Waals surface area (Å²) < 4.78 is 5.31. The Hall–Kier alpha value is -2.62. The molecule has 0 saturated heterocycles. The lowest BCUT2D eigenvalue weighted by atomic mass is 9.98. The smallest absolute Gasteiger partial charge is 0.339 e. The van der Waals surface area contributed by atoms with Crippen LogP contribution < -0.4 is 5.32 Å². The molecule has 0 saturated carbocycles. The minimum atomic E-state index is -0.790. The van der Waals surface area contributed by atoms with Crippen LogP contribution in [0.3, 0.4) is 0 Å². The van der Waals surface area contributed by atoms with Crippen molar-refractivity contribution in [1.29, 1.82) is 0 Å². The summed E-state index contributed by atoms with van der Waals surface area (Å²) in [6, 6.07) is 13.2. The summed E-state index contributed by atoms with van der Waals surface area (Å²) in [7, 11) is 0. The van der Waals surface area contributed by atoms with E-state index < -0.39 is 12.1 Å². The molecule has 0 unspecified atom stereocenters. The lowest BCUT2D eigenvalue weighted by Crippen LogP contribution is -2.38. The molecule has 118 valence electrons. The molecule has 4 heteroatoms. The predicted molar refractivity (Wildman–Crippen MR) is 88.5 cm³/mol. The number of para-hydroxylation sites is 1. The lowest BCUT2D eigenvalue weighted by molar-refractivity contribution is -0.125. The van der Waals surface area contributed by atoms with E-state index in [0.29, 0.717) is 12.0 Å². The number of anilines is 1. The Balaban J connectivity index is 1.82. The first-order valence-corrected chi connectivity index (χ1v) is 7.78. The van der Waals surface area contributed by atoms with Crippen molar-refractivity contribution in [1.82, 2.24) is 0 Å². The van der Waals surface area contributed by atoms with Gasteiger partial charge in [0.25, 0.3) is 5.91 Å². The maximum Gasteiger partial charge on any atom is 0.339 e. The number of fused-ring (bicyclic) bond motifs is 1. The minimum absolute atomic E-state index is 0.281. The Kier molecular flexibility index (Phi) is 4.15. The average molecular weight is 309 g/mol. The van der Waals surface area contributed by atoms with Crippen molar-refractivity contribution in [2.75, 3.05) is 5.32 Å². The third-order valence-electron chi connectivity index (χ3n) is 4.17. The van der Waals surface area contributed by atoms with Crippen LogP contribution in [0.2, 0.25) is 0 Å². The van der Waals surface area contributed by atoms with Crippen molar-refractivity contribution >= 4 is 17.6 Å². The van der Waals surface area contributed by atoms with Gasteiger partial charge in [0.2, 0.25) is 0 Å². The van der Waals surface area contributed by atoms with Crippen molar-refractivity contribution < 1.29 is 14.3 Å². The average Bonchev–Trinajstić information content (AvgIpc) is 2.56. The summed E-state index contributed by atoms with van der Waals surface area (Å²) in [5.74, 6) is -0.718. The molecular weight excluding hydrogens is 290 g/mol. The number of nitrogens with one attached hydrogen (secondary N) is 1. The van der Waals surface area contributed by atoms with Gasteiger partial charge in [-0.05, 0) is 36.1 Å². The largest absolute Gasteiger partial charge is 0.448 e. The van der Waals surface area contributed by atoms with Gasteiger partial charge in [0, 0.05) is 12.1 Å². The molecule has 1 amide bonds. The molecule has 1 heterocycles. The Bertz CT molecular complexity index is 767. The maximum atomic E-state index is 12.6. The summed E-state index contributed by atoms with van der Waals surface area (Å²) in [5.41, 5.74) is 4.28. The van der Waals surface area contributed by atoms with Crippen LogP contribution in [0, 0.1) is 6.92 Å². The molecule has 3 rings (SSSR count). The Morgan fingerprint density at radius 1 is 1.22 bits per heavy atom. The number of esters is 1. The number of carbonyl (C=O) groups excluding carboxylic acids is 2. The van der Waals surface area contributed by atoms with Crippen molar-refractivity contribution in [3.63, 3.8) is 0 Å². The normalized spacial score (nSPS) is 16.4. The minimum Gasteiger partial charge on any atom is -0.448 e. The van der Waals surface area contributed by atoms with Gasteiger partial charge in [-0.1, -0.05) is 43.3 Å². The van der Waals surface area contributed by atoms with Gasteiger partial charge in [0.15, 0.2) is 6.10 Å². The molecule has 0 aromatic heterocycles. The summed E-state index contributed by atoms with van der Waals surface area (Å²) in [6.45, 7) is 4.00. The van der Waals surface area contributed by atoms with E-state index >= 15 is 0 Å². The van der Waals surface area contributed by atoms with Crippen molar-refractivity contribution in [2.45, 2.75) is 32.8 Å². The molecule has 1 aliphatic heterocycles. The number of benzene rings is 2. The number of ether oxygens (including phenoxy) is 1. The van der Waals surface area contributed by atoms with Gasteiger partial charge in [-0.2, -0.15) is 0 Å². The summed E-state index contributed by atoms with van der Waals surface area (Å²) in [5, 5.41) is 2.93. The van der Waals surface area contributed by atoms with Gasteiger partial charge in [0.05, 0.1) is 5.56 Å². The fourth-order valence-corrected chi connectivity index (χ4v) is 2.88. The van der Waals surface area contributed by atoms with E-state index in [1.165, 1.54) is 0 Å². The number of carbonyl (C=O) groups is 2. The molecule has 4 nitrogen and oxygen atoms in total. The van der Waals surface area contributed by atoms with Crippen LogP contribution in [-0.4, -0.2) is 18.0 Å². The zero-order valence-corrected chi connectivity index (χ0v) is 13.3. The zero-order valence-electron chi connectivity index (χ0n) is 13.3. The van der Waals surface area contributed by atoms with Gasteiger partial charge in [0.1, 0.15) is 0 Å². The van der Waals surface area contributed by atoms with Crippen molar-refractivity contribution in [3.8, 4) is 0 Å². The van der Waals surface area contributed by atoms with Crippen LogP contribution in [-0.2, 0) is 22.4 Å².